The zero-order valence-electron chi connectivity index (χ0n) is 14.4. The summed E-state index contributed by atoms with van der Waals surface area (Å²) in [5, 5.41) is 3.71. The summed E-state index contributed by atoms with van der Waals surface area (Å²) in [7, 11) is 0. The molecule has 2 heteroatoms. The van der Waals surface area contributed by atoms with Gasteiger partial charge in [0.15, 0.2) is 0 Å². The third kappa shape index (κ3) is 7.46. The van der Waals surface area contributed by atoms with E-state index in [4.69, 9.17) is 4.74 Å². The van der Waals surface area contributed by atoms with Crippen molar-refractivity contribution >= 4 is 0 Å². The van der Waals surface area contributed by atoms with E-state index in [1.54, 1.807) is 0 Å². The minimum absolute atomic E-state index is 0.426. The van der Waals surface area contributed by atoms with Crippen LogP contribution in [0.1, 0.15) is 78.1 Å². The lowest BCUT2D eigenvalue weighted by atomic mass is 9.81. The third-order valence-electron chi connectivity index (χ3n) is 4.76. The lowest BCUT2D eigenvalue weighted by molar-refractivity contribution is -0.0195. The molecular formula is C19H37NO. The largest absolute Gasteiger partial charge is 0.377 e. The Bertz CT molecular complexity index is 248. The molecule has 0 radical (unpaired) electrons. The first-order chi connectivity index (χ1) is 10.3. The SMILES string of the molecule is C=CCCCCCC(NCC)C(OCC)C1CCCCC1. The number of hydrogen-bond donors (Lipinski definition) is 1. The van der Waals surface area contributed by atoms with Crippen LogP contribution in [0.5, 0.6) is 0 Å². The zero-order chi connectivity index (χ0) is 15.3. The summed E-state index contributed by atoms with van der Waals surface area (Å²) in [5.74, 6) is 0.774. The molecule has 21 heavy (non-hydrogen) atoms. The third-order valence-corrected chi connectivity index (χ3v) is 4.76. The van der Waals surface area contributed by atoms with Crippen molar-refractivity contribution in [3.63, 3.8) is 0 Å². The van der Waals surface area contributed by atoms with Crippen LogP contribution in [0.3, 0.4) is 0 Å². The number of hydrogen-bond acceptors (Lipinski definition) is 2. The summed E-state index contributed by atoms with van der Waals surface area (Å²) in [5.41, 5.74) is 0. The van der Waals surface area contributed by atoms with Gasteiger partial charge in [0.25, 0.3) is 0 Å². The molecule has 2 atom stereocenters. The van der Waals surface area contributed by atoms with Gasteiger partial charge in [-0.15, -0.1) is 6.58 Å². The molecule has 0 heterocycles. The van der Waals surface area contributed by atoms with Gasteiger partial charge in [0.1, 0.15) is 0 Å². The molecule has 1 saturated carbocycles. The summed E-state index contributed by atoms with van der Waals surface area (Å²) < 4.78 is 6.20. The van der Waals surface area contributed by atoms with E-state index >= 15 is 0 Å². The van der Waals surface area contributed by atoms with Crippen molar-refractivity contribution in [1.82, 2.24) is 5.32 Å². The number of unbranched alkanes of at least 4 members (excludes halogenated alkanes) is 3. The molecule has 0 aromatic rings. The summed E-state index contributed by atoms with van der Waals surface area (Å²) >= 11 is 0. The van der Waals surface area contributed by atoms with Crippen molar-refractivity contribution in [2.45, 2.75) is 90.2 Å². The van der Waals surface area contributed by atoms with Crippen molar-refractivity contribution in [2.24, 2.45) is 5.92 Å². The van der Waals surface area contributed by atoms with Gasteiger partial charge >= 0.3 is 0 Å². The zero-order valence-corrected chi connectivity index (χ0v) is 14.4. The van der Waals surface area contributed by atoms with Crippen LogP contribution in [0, 0.1) is 5.92 Å². The fourth-order valence-electron chi connectivity index (χ4n) is 3.71. The molecule has 124 valence electrons. The number of allylic oxidation sites excluding steroid dienone is 1. The van der Waals surface area contributed by atoms with Gasteiger partial charge < -0.3 is 10.1 Å². The molecule has 0 spiro atoms. The molecule has 0 bridgehead atoms. The highest BCUT2D eigenvalue weighted by Gasteiger charge is 2.30. The minimum atomic E-state index is 0.426. The van der Waals surface area contributed by atoms with Crippen LogP contribution in [0.2, 0.25) is 0 Å². The van der Waals surface area contributed by atoms with E-state index < -0.39 is 0 Å². The van der Waals surface area contributed by atoms with Gasteiger partial charge in [0.05, 0.1) is 6.10 Å². The van der Waals surface area contributed by atoms with E-state index in [1.807, 2.05) is 6.08 Å². The van der Waals surface area contributed by atoms with Crippen molar-refractivity contribution in [1.29, 1.82) is 0 Å². The van der Waals surface area contributed by atoms with Gasteiger partial charge in [-0.3, -0.25) is 0 Å². The molecule has 1 aliphatic rings. The Labute approximate surface area is 132 Å². The Morgan fingerprint density at radius 3 is 2.52 bits per heavy atom. The van der Waals surface area contributed by atoms with Crippen molar-refractivity contribution in [2.75, 3.05) is 13.2 Å². The van der Waals surface area contributed by atoms with Crippen LogP contribution in [0.15, 0.2) is 12.7 Å². The summed E-state index contributed by atoms with van der Waals surface area (Å²) in [6.07, 6.45) is 15.7. The predicted octanol–water partition coefficient (Wildman–Crippen LogP) is 5.09. The van der Waals surface area contributed by atoms with Crippen LogP contribution >= 0.6 is 0 Å². The first-order valence-electron chi connectivity index (χ1n) is 9.29. The molecule has 0 aromatic heterocycles. The lowest BCUT2D eigenvalue weighted by Gasteiger charge is -2.36. The van der Waals surface area contributed by atoms with E-state index in [-0.39, 0.29) is 0 Å². The Balaban J connectivity index is 2.47. The monoisotopic (exact) mass is 295 g/mol. The van der Waals surface area contributed by atoms with Crippen LogP contribution in [-0.4, -0.2) is 25.3 Å². The van der Waals surface area contributed by atoms with Crippen LogP contribution in [0.25, 0.3) is 0 Å². The number of likely N-dealkylation sites (N-methyl/N-ethyl adjacent to an activating group) is 1. The summed E-state index contributed by atoms with van der Waals surface area (Å²) in [6.45, 7) is 10.1. The minimum Gasteiger partial charge on any atom is -0.377 e. The highest BCUT2D eigenvalue weighted by Crippen LogP contribution is 2.30. The molecule has 2 unspecified atom stereocenters. The van der Waals surface area contributed by atoms with E-state index in [9.17, 15) is 0 Å². The standard InChI is InChI=1S/C19H37NO/c1-4-7-8-9-13-16-18(20-5-2)19(21-6-3)17-14-11-10-12-15-17/h4,17-20H,1,5-16H2,2-3H3. The smallest absolute Gasteiger partial charge is 0.0755 e. The Kier molecular flexibility index (Phi) is 10.9. The lowest BCUT2D eigenvalue weighted by Crippen LogP contribution is -2.46. The Morgan fingerprint density at radius 2 is 1.90 bits per heavy atom. The van der Waals surface area contributed by atoms with Gasteiger partial charge in [0, 0.05) is 12.6 Å². The maximum atomic E-state index is 6.20. The summed E-state index contributed by atoms with van der Waals surface area (Å²) in [4.78, 5) is 0. The van der Waals surface area contributed by atoms with Gasteiger partial charge in [-0.05, 0) is 51.5 Å². The second kappa shape index (κ2) is 12.2. The van der Waals surface area contributed by atoms with E-state index in [0.717, 1.165) is 25.5 Å². The van der Waals surface area contributed by atoms with Crippen LogP contribution in [0.4, 0.5) is 0 Å². The normalized spacial score (nSPS) is 19.3. The van der Waals surface area contributed by atoms with Crippen LogP contribution < -0.4 is 5.32 Å². The fraction of sp³-hybridized carbons (Fsp3) is 0.895. The molecule has 0 aromatic carbocycles. The molecule has 1 N–H and O–H groups in total. The van der Waals surface area contributed by atoms with Gasteiger partial charge in [-0.1, -0.05) is 45.1 Å². The van der Waals surface area contributed by atoms with E-state index in [1.165, 1.54) is 57.8 Å². The predicted molar refractivity (Wildman–Crippen MR) is 92.7 cm³/mol. The van der Waals surface area contributed by atoms with Gasteiger partial charge in [-0.25, -0.2) is 0 Å². The fourth-order valence-corrected chi connectivity index (χ4v) is 3.71. The molecule has 2 nitrogen and oxygen atoms in total. The molecule has 1 fully saturated rings. The molecule has 0 amide bonds. The number of rotatable bonds is 12. The van der Waals surface area contributed by atoms with E-state index in [2.05, 4.69) is 25.7 Å². The highest BCUT2D eigenvalue weighted by atomic mass is 16.5. The van der Waals surface area contributed by atoms with E-state index in [0.29, 0.717) is 12.1 Å². The molecule has 1 rings (SSSR count). The second-order valence-electron chi connectivity index (χ2n) is 6.41. The number of ether oxygens (including phenoxy) is 1. The average molecular weight is 296 g/mol. The Morgan fingerprint density at radius 1 is 1.14 bits per heavy atom. The topological polar surface area (TPSA) is 21.3 Å². The molecule has 0 saturated heterocycles. The van der Waals surface area contributed by atoms with Crippen molar-refractivity contribution in [3.05, 3.63) is 12.7 Å². The second-order valence-corrected chi connectivity index (χ2v) is 6.41. The maximum absolute atomic E-state index is 6.20. The van der Waals surface area contributed by atoms with Crippen LogP contribution in [-0.2, 0) is 4.74 Å². The average Bonchev–Trinajstić information content (AvgIpc) is 2.52. The first kappa shape index (κ1) is 18.7. The van der Waals surface area contributed by atoms with Crippen molar-refractivity contribution in [3.8, 4) is 0 Å². The summed E-state index contributed by atoms with van der Waals surface area (Å²) in [6, 6.07) is 0.543. The first-order valence-corrected chi connectivity index (χ1v) is 9.29. The quantitative estimate of drug-likeness (QED) is 0.400. The molecule has 1 aliphatic carbocycles. The number of nitrogens with one attached hydrogen (secondary N) is 1. The maximum Gasteiger partial charge on any atom is 0.0755 e. The van der Waals surface area contributed by atoms with Gasteiger partial charge in [0.2, 0.25) is 0 Å². The Hall–Kier alpha value is -0.340. The highest BCUT2D eigenvalue weighted by molar-refractivity contribution is 4.85. The van der Waals surface area contributed by atoms with Crippen molar-refractivity contribution < 1.29 is 4.74 Å². The molecule has 0 aliphatic heterocycles. The van der Waals surface area contributed by atoms with Gasteiger partial charge in [-0.2, -0.15) is 0 Å². The molecular weight excluding hydrogens is 258 g/mol.